The zero-order chi connectivity index (χ0) is 14.5. The first kappa shape index (κ1) is 15.2. The van der Waals surface area contributed by atoms with E-state index in [1.54, 1.807) is 0 Å². The summed E-state index contributed by atoms with van der Waals surface area (Å²) in [7, 11) is 0. The van der Waals surface area contributed by atoms with E-state index in [2.05, 4.69) is 71.2 Å². The molecule has 3 heteroatoms. The minimum absolute atomic E-state index is 0.211. The van der Waals surface area contributed by atoms with Crippen molar-refractivity contribution in [3.05, 3.63) is 57.7 Å². The Balaban J connectivity index is 2.01. The van der Waals surface area contributed by atoms with Crippen molar-refractivity contribution in [1.82, 2.24) is 0 Å². The first-order valence-electron chi connectivity index (χ1n) is 6.83. The lowest BCUT2D eigenvalue weighted by molar-refractivity contribution is 0.242. The molecule has 2 rings (SSSR count). The van der Waals surface area contributed by atoms with Gasteiger partial charge in [-0.2, -0.15) is 0 Å². The van der Waals surface area contributed by atoms with Crippen LogP contribution in [0.25, 0.3) is 0 Å². The molecular formula is C17H20INO. The maximum absolute atomic E-state index is 5.66. The first-order chi connectivity index (χ1) is 9.54. The van der Waals surface area contributed by atoms with Crippen LogP contribution >= 0.6 is 22.6 Å². The largest absolute Gasteiger partial charge is 0.491 e. The van der Waals surface area contributed by atoms with Crippen LogP contribution in [0.4, 0.5) is 5.69 Å². The zero-order valence-electron chi connectivity index (χ0n) is 12.1. The molecule has 1 N–H and O–H groups in total. The molecule has 0 saturated carbocycles. The molecule has 2 nitrogen and oxygen atoms in total. The second-order valence-corrected chi connectivity index (χ2v) is 6.35. The van der Waals surface area contributed by atoms with Gasteiger partial charge in [0.25, 0.3) is 0 Å². The van der Waals surface area contributed by atoms with Crippen LogP contribution in [0.5, 0.6) is 5.75 Å². The van der Waals surface area contributed by atoms with Gasteiger partial charge in [-0.1, -0.05) is 12.1 Å². The number of anilines is 1. The second kappa shape index (κ2) is 6.97. The van der Waals surface area contributed by atoms with Gasteiger partial charge < -0.3 is 10.1 Å². The fourth-order valence-corrected chi connectivity index (χ4v) is 2.35. The van der Waals surface area contributed by atoms with Gasteiger partial charge in [0.2, 0.25) is 0 Å². The smallest absolute Gasteiger partial charge is 0.119 e. The highest BCUT2D eigenvalue weighted by molar-refractivity contribution is 14.1. The molecule has 0 spiro atoms. The van der Waals surface area contributed by atoms with E-state index in [-0.39, 0.29) is 12.1 Å². The number of hydrogen-bond donors (Lipinski definition) is 1. The molecule has 20 heavy (non-hydrogen) atoms. The Bertz CT molecular complexity index is 534. The van der Waals surface area contributed by atoms with Crippen molar-refractivity contribution in [3.63, 3.8) is 0 Å². The predicted octanol–water partition coefficient (Wildman–Crippen LogP) is 5.25. The van der Waals surface area contributed by atoms with Crippen LogP contribution in [-0.4, -0.2) is 6.10 Å². The van der Waals surface area contributed by atoms with E-state index in [9.17, 15) is 0 Å². The van der Waals surface area contributed by atoms with Crippen molar-refractivity contribution in [2.75, 3.05) is 5.32 Å². The Hall–Kier alpha value is -1.23. The maximum atomic E-state index is 5.66. The normalized spacial score (nSPS) is 12.2. The van der Waals surface area contributed by atoms with E-state index in [4.69, 9.17) is 4.74 Å². The summed E-state index contributed by atoms with van der Waals surface area (Å²) in [6.07, 6.45) is 0.211. The van der Waals surface area contributed by atoms with E-state index in [1.807, 2.05) is 26.0 Å². The molecule has 0 saturated heterocycles. The number of halogens is 1. The van der Waals surface area contributed by atoms with Crippen LogP contribution in [0.1, 0.15) is 32.4 Å². The molecule has 0 aliphatic rings. The molecule has 0 heterocycles. The Morgan fingerprint density at radius 1 is 0.900 bits per heavy atom. The molecule has 0 aliphatic heterocycles. The van der Waals surface area contributed by atoms with Crippen molar-refractivity contribution in [1.29, 1.82) is 0 Å². The van der Waals surface area contributed by atoms with E-state index < -0.39 is 0 Å². The average Bonchev–Trinajstić information content (AvgIpc) is 2.41. The molecule has 2 aromatic carbocycles. The van der Waals surface area contributed by atoms with Gasteiger partial charge in [-0.15, -0.1) is 0 Å². The van der Waals surface area contributed by atoms with E-state index in [1.165, 1.54) is 9.13 Å². The van der Waals surface area contributed by atoms with E-state index in [0.717, 1.165) is 11.4 Å². The Morgan fingerprint density at radius 3 is 2.05 bits per heavy atom. The lowest BCUT2D eigenvalue weighted by atomic mass is 10.1. The third-order valence-electron chi connectivity index (χ3n) is 2.98. The topological polar surface area (TPSA) is 21.3 Å². The molecule has 0 aromatic heterocycles. The fourth-order valence-electron chi connectivity index (χ4n) is 1.99. The molecule has 0 fully saturated rings. The van der Waals surface area contributed by atoms with Crippen LogP contribution in [0, 0.1) is 3.57 Å². The van der Waals surface area contributed by atoms with Crippen molar-refractivity contribution >= 4 is 28.3 Å². The number of hydrogen-bond acceptors (Lipinski definition) is 2. The van der Waals surface area contributed by atoms with Gasteiger partial charge in [0.15, 0.2) is 0 Å². The average molecular weight is 381 g/mol. The van der Waals surface area contributed by atoms with Crippen molar-refractivity contribution in [2.24, 2.45) is 0 Å². The summed E-state index contributed by atoms with van der Waals surface area (Å²) in [6.45, 7) is 6.24. The zero-order valence-corrected chi connectivity index (χ0v) is 14.2. The maximum Gasteiger partial charge on any atom is 0.119 e. The second-order valence-electron chi connectivity index (χ2n) is 5.11. The van der Waals surface area contributed by atoms with E-state index >= 15 is 0 Å². The Morgan fingerprint density at radius 2 is 1.50 bits per heavy atom. The number of nitrogens with one attached hydrogen (secondary N) is 1. The third-order valence-corrected chi connectivity index (χ3v) is 3.70. The standard InChI is InChI=1S/C17H20INO/c1-12(2)20-17-10-4-14(5-11-17)13(3)19-16-8-6-15(18)7-9-16/h4-13,19H,1-3H3. The summed E-state index contributed by atoms with van der Waals surface area (Å²) in [5, 5.41) is 3.50. The minimum Gasteiger partial charge on any atom is -0.491 e. The van der Waals surface area contributed by atoms with Crippen molar-refractivity contribution < 1.29 is 4.74 Å². The highest BCUT2D eigenvalue weighted by Gasteiger charge is 2.06. The van der Waals surface area contributed by atoms with Gasteiger partial charge >= 0.3 is 0 Å². The number of ether oxygens (including phenoxy) is 1. The molecule has 1 atom stereocenters. The summed E-state index contributed by atoms with van der Waals surface area (Å²) in [5.41, 5.74) is 2.39. The molecule has 1 unspecified atom stereocenters. The Kier molecular flexibility index (Phi) is 5.29. The molecule has 0 amide bonds. The lowest BCUT2D eigenvalue weighted by Gasteiger charge is -2.17. The summed E-state index contributed by atoms with van der Waals surface area (Å²) in [5.74, 6) is 0.921. The van der Waals surface area contributed by atoms with Crippen LogP contribution in [0.3, 0.4) is 0 Å². The third kappa shape index (κ3) is 4.40. The number of rotatable bonds is 5. The molecule has 106 valence electrons. The van der Waals surface area contributed by atoms with Gasteiger partial charge in [-0.05, 0) is 85.3 Å². The molecule has 0 bridgehead atoms. The molecule has 0 aliphatic carbocycles. The van der Waals surface area contributed by atoms with Gasteiger partial charge in [0.1, 0.15) is 5.75 Å². The molecule has 2 aromatic rings. The highest BCUT2D eigenvalue weighted by atomic mass is 127. The summed E-state index contributed by atoms with van der Waals surface area (Å²) in [4.78, 5) is 0. The fraction of sp³-hybridized carbons (Fsp3) is 0.294. The lowest BCUT2D eigenvalue weighted by Crippen LogP contribution is -2.08. The minimum atomic E-state index is 0.211. The molecular weight excluding hydrogens is 361 g/mol. The van der Waals surface area contributed by atoms with Gasteiger partial charge in [-0.3, -0.25) is 0 Å². The van der Waals surface area contributed by atoms with Gasteiger partial charge in [0, 0.05) is 15.3 Å². The van der Waals surface area contributed by atoms with E-state index in [0.29, 0.717) is 0 Å². The first-order valence-corrected chi connectivity index (χ1v) is 7.91. The Labute approximate surface area is 134 Å². The SMILES string of the molecule is CC(C)Oc1ccc(C(C)Nc2ccc(I)cc2)cc1. The van der Waals surface area contributed by atoms with Gasteiger partial charge in [-0.25, -0.2) is 0 Å². The summed E-state index contributed by atoms with van der Waals surface area (Å²) in [6, 6.07) is 17.0. The van der Waals surface area contributed by atoms with Crippen LogP contribution in [0.15, 0.2) is 48.5 Å². The van der Waals surface area contributed by atoms with Crippen molar-refractivity contribution in [2.45, 2.75) is 32.9 Å². The van der Waals surface area contributed by atoms with Crippen LogP contribution in [0.2, 0.25) is 0 Å². The monoisotopic (exact) mass is 381 g/mol. The summed E-state index contributed by atoms with van der Waals surface area (Å²) >= 11 is 2.31. The molecule has 0 radical (unpaired) electrons. The predicted molar refractivity (Wildman–Crippen MR) is 93.4 cm³/mol. The number of benzene rings is 2. The van der Waals surface area contributed by atoms with Crippen molar-refractivity contribution in [3.8, 4) is 5.75 Å². The highest BCUT2D eigenvalue weighted by Crippen LogP contribution is 2.22. The van der Waals surface area contributed by atoms with Crippen LogP contribution in [-0.2, 0) is 0 Å². The van der Waals surface area contributed by atoms with Gasteiger partial charge in [0.05, 0.1) is 6.10 Å². The summed E-state index contributed by atoms with van der Waals surface area (Å²) < 4.78 is 6.91. The van der Waals surface area contributed by atoms with Crippen LogP contribution < -0.4 is 10.1 Å². The quantitative estimate of drug-likeness (QED) is 0.715.